The van der Waals surface area contributed by atoms with Crippen molar-refractivity contribution in [1.29, 1.82) is 0 Å². The molecule has 4 rings (SSSR count). The van der Waals surface area contributed by atoms with Crippen LogP contribution in [0.25, 0.3) is 11.1 Å². The monoisotopic (exact) mass is 437 g/mol. The molecule has 2 atom stereocenters. The van der Waals surface area contributed by atoms with Gasteiger partial charge in [0.2, 0.25) is 5.91 Å². The lowest BCUT2D eigenvalue weighted by molar-refractivity contribution is -0.113. The number of nitrogens with one attached hydrogen (secondary N) is 1. The number of nitrogens with zero attached hydrogens (tertiary/aromatic N) is 2. The van der Waals surface area contributed by atoms with E-state index < -0.39 is 0 Å². The van der Waals surface area contributed by atoms with Crippen LogP contribution in [-0.2, 0) is 4.79 Å². The average molecular weight is 438 g/mol. The van der Waals surface area contributed by atoms with E-state index in [9.17, 15) is 9.59 Å². The van der Waals surface area contributed by atoms with Crippen LogP contribution >= 0.6 is 11.8 Å². The number of para-hydroxylation sites is 2. The van der Waals surface area contributed by atoms with Crippen LogP contribution in [0.15, 0.2) is 52.1 Å². The summed E-state index contributed by atoms with van der Waals surface area (Å²) in [4.78, 5) is 31.9. The Morgan fingerprint density at radius 3 is 2.65 bits per heavy atom. The number of hydrogen-bond acceptors (Lipinski definition) is 5. The summed E-state index contributed by atoms with van der Waals surface area (Å²) in [6.45, 7) is 7.85. The minimum absolute atomic E-state index is 0.0229. The molecule has 2 amide bonds. The number of hydrogen-bond donors (Lipinski definition) is 1. The zero-order valence-electron chi connectivity index (χ0n) is 18.1. The van der Waals surface area contributed by atoms with Crippen LogP contribution in [0, 0.1) is 18.8 Å². The van der Waals surface area contributed by atoms with Crippen LogP contribution in [-0.4, -0.2) is 40.5 Å². The molecular weight excluding hydrogens is 410 g/mol. The van der Waals surface area contributed by atoms with Gasteiger partial charge in [-0.1, -0.05) is 43.8 Å². The molecule has 162 valence electrons. The molecule has 1 fully saturated rings. The molecule has 1 aromatic heterocycles. The summed E-state index contributed by atoms with van der Waals surface area (Å²) in [7, 11) is 0. The average Bonchev–Trinajstić information content (AvgIpc) is 3.16. The van der Waals surface area contributed by atoms with E-state index in [4.69, 9.17) is 4.42 Å². The number of amides is 2. The second-order valence-electron chi connectivity index (χ2n) is 8.47. The summed E-state index contributed by atoms with van der Waals surface area (Å²) in [5.41, 5.74) is 3.65. The number of rotatable bonds is 5. The predicted molar refractivity (Wildman–Crippen MR) is 123 cm³/mol. The number of aryl methyl sites for hydroxylation is 1. The molecular formula is C24H27N3O3S. The summed E-state index contributed by atoms with van der Waals surface area (Å²) in [6, 6.07) is 13.0. The van der Waals surface area contributed by atoms with Crippen LogP contribution in [0.3, 0.4) is 0 Å². The number of benzene rings is 2. The topological polar surface area (TPSA) is 75.4 Å². The number of piperidine rings is 1. The lowest BCUT2D eigenvalue weighted by Gasteiger charge is -2.35. The summed E-state index contributed by atoms with van der Waals surface area (Å²) in [5, 5.41) is 3.39. The van der Waals surface area contributed by atoms with Crippen LogP contribution in [0.5, 0.6) is 0 Å². The van der Waals surface area contributed by atoms with Gasteiger partial charge >= 0.3 is 0 Å². The Kier molecular flexibility index (Phi) is 6.32. The van der Waals surface area contributed by atoms with Gasteiger partial charge < -0.3 is 14.6 Å². The molecule has 7 heteroatoms. The second kappa shape index (κ2) is 9.14. The Labute approximate surface area is 186 Å². The largest absolute Gasteiger partial charge is 0.431 e. The van der Waals surface area contributed by atoms with E-state index >= 15 is 0 Å². The molecule has 0 bridgehead atoms. The highest BCUT2D eigenvalue weighted by molar-refractivity contribution is 7.99. The van der Waals surface area contributed by atoms with Crippen molar-refractivity contribution in [2.24, 2.45) is 11.8 Å². The lowest BCUT2D eigenvalue weighted by Crippen LogP contribution is -2.42. The molecule has 31 heavy (non-hydrogen) atoms. The van der Waals surface area contributed by atoms with Crippen LogP contribution < -0.4 is 5.32 Å². The fourth-order valence-corrected chi connectivity index (χ4v) is 4.77. The highest BCUT2D eigenvalue weighted by Crippen LogP contribution is 2.26. The molecule has 0 spiro atoms. The number of carbonyl (C=O) groups excluding carboxylic acids is 2. The highest BCUT2D eigenvalue weighted by Gasteiger charge is 2.26. The number of anilines is 1. The number of aromatic nitrogens is 1. The maximum atomic E-state index is 13.0. The number of thioether (sulfide) groups is 1. The van der Waals surface area contributed by atoms with E-state index in [-0.39, 0.29) is 17.6 Å². The Hall–Kier alpha value is -2.80. The summed E-state index contributed by atoms with van der Waals surface area (Å²) in [6.07, 6.45) is 1.15. The highest BCUT2D eigenvalue weighted by atomic mass is 32.2. The molecule has 0 aliphatic carbocycles. The van der Waals surface area contributed by atoms with E-state index in [1.807, 2.05) is 48.2 Å². The summed E-state index contributed by atoms with van der Waals surface area (Å²) >= 11 is 1.25. The van der Waals surface area contributed by atoms with Gasteiger partial charge in [-0.2, -0.15) is 0 Å². The molecule has 6 nitrogen and oxygen atoms in total. The van der Waals surface area contributed by atoms with E-state index in [0.29, 0.717) is 33.9 Å². The van der Waals surface area contributed by atoms with Gasteiger partial charge in [0.1, 0.15) is 5.52 Å². The first kappa shape index (κ1) is 21.4. The van der Waals surface area contributed by atoms with Crippen LogP contribution in [0.2, 0.25) is 0 Å². The second-order valence-corrected chi connectivity index (χ2v) is 9.40. The van der Waals surface area contributed by atoms with E-state index in [0.717, 1.165) is 30.6 Å². The molecule has 1 aliphatic heterocycles. The van der Waals surface area contributed by atoms with Crippen molar-refractivity contribution < 1.29 is 14.0 Å². The van der Waals surface area contributed by atoms with E-state index in [1.54, 1.807) is 6.07 Å². The quantitative estimate of drug-likeness (QED) is 0.570. The SMILES string of the molecule is Cc1ccc(C(=O)N2CC(C)CC(C)C2)cc1NC(=O)CSc1nc2ccccc2o1. The number of likely N-dealkylation sites (tertiary alicyclic amines) is 1. The first-order valence-corrected chi connectivity index (χ1v) is 11.6. The number of carbonyl (C=O) groups is 2. The minimum Gasteiger partial charge on any atom is -0.431 e. The number of fused-ring (bicyclic) bond motifs is 1. The van der Waals surface area contributed by atoms with E-state index in [1.165, 1.54) is 11.8 Å². The first-order chi connectivity index (χ1) is 14.9. The van der Waals surface area contributed by atoms with Gasteiger partial charge in [-0.15, -0.1) is 0 Å². The Morgan fingerprint density at radius 1 is 1.16 bits per heavy atom. The van der Waals surface area contributed by atoms with Crippen LogP contribution in [0.4, 0.5) is 5.69 Å². The number of oxazole rings is 1. The molecule has 0 radical (unpaired) electrons. The summed E-state index contributed by atoms with van der Waals surface area (Å²) < 4.78 is 5.65. The van der Waals surface area contributed by atoms with Gasteiger partial charge in [0.25, 0.3) is 11.1 Å². The molecule has 1 N–H and O–H groups in total. The van der Waals surface area contributed by atoms with Crippen molar-refractivity contribution in [3.8, 4) is 0 Å². The fourth-order valence-electron chi connectivity index (χ4n) is 4.13. The van der Waals surface area contributed by atoms with Crippen molar-refractivity contribution in [2.45, 2.75) is 32.4 Å². The van der Waals surface area contributed by atoms with Gasteiger partial charge in [-0.05, 0) is 55.0 Å². The lowest BCUT2D eigenvalue weighted by atomic mass is 9.91. The Balaban J connectivity index is 1.40. The van der Waals surface area contributed by atoms with Gasteiger partial charge in [-0.25, -0.2) is 4.98 Å². The third kappa shape index (κ3) is 5.10. The molecule has 0 saturated carbocycles. The molecule has 1 saturated heterocycles. The van der Waals surface area contributed by atoms with Gasteiger partial charge in [-0.3, -0.25) is 9.59 Å². The molecule has 2 heterocycles. The zero-order chi connectivity index (χ0) is 22.0. The Bertz CT molecular complexity index is 1070. The molecule has 3 aromatic rings. The third-order valence-corrected chi connectivity index (χ3v) is 6.34. The predicted octanol–water partition coefficient (Wildman–Crippen LogP) is 4.99. The van der Waals surface area contributed by atoms with Crippen LogP contribution in [0.1, 0.15) is 36.2 Å². The minimum atomic E-state index is -0.167. The first-order valence-electron chi connectivity index (χ1n) is 10.6. The van der Waals surface area contributed by atoms with Gasteiger partial charge in [0.05, 0.1) is 5.75 Å². The third-order valence-electron chi connectivity index (χ3n) is 5.52. The molecule has 2 unspecified atom stereocenters. The van der Waals surface area contributed by atoms with E-state index in [2.05, 4.69) is 24.1 Å². The molecule has 1 aliphatic rings. The molecule has 2 aromatic carbocycles. The van der Waals surface area contributed by atoms with Gasteiger partial charge in [0.15, 0.2) is 5.58 Å². The normalized spacial score (nSPS) is 18.9. The summed E-state index contributed by atoms with van der Waals surface area (Å²) in [5.74, 6) is 1.03. The fraction of sp³-hybridized carbons (Fsp3) is 0.375. The van der Waals surface area contributed by atoms with Crippen molar-refractivity contribution >= 4 is 40.4 Å². The maximum Gasteiger partial charge on any atom is 0.257 e. The van der Waals surface area contributed by atoms with Gasteiger partial charge in [0, 0.05) is 24.3 Å². The van der Waals surface area contributed by atoms with Crippen molar-refractivity contribution in [3.05, 3.63) is 53.6 Å². The van der Waals surface area contributed by atoms with Crippen molar-refractivity contribution in [1.82, 2.24) is 9.88 Å². The van der Waals surface area contributed by atoms with Crippen molar-refractivity contribution in [3.63, 3.8) is 0 Å². The van der Waals surface area contributed by atoms with Crippen molar-refractivity contribution in [2.75, 3.05) is 24.2 Å². The maximum absolute atomic E-state index is 13.0. The standard InChI is InChI=1S/C24H27N3O3S/c1-15-10-16(2)13-27(12-15)23(29)18-9-8-17(3)20(11-18)25-22(28)14-31-24-26-19-6-4-5-7-21(19)30-24/h4-9,11,15-16H,10,12-14H2,1-3H3,(H,25,28). The Morgan fingerprint density at radius 2 is 1.90 bits per heavy atom. The zero-order valence-corrected chi connectivity index (χ0v) is 18.9. The smallest absolute Gasteiger partial charge is 0.257 e.